The van der Waals surface area contributed by atoms with Gasteiger partial charge >= 0.3 is 6.55 Å². The molecule has 0 saturated carbocycles. The lowest BCUT2D eigenvalue weighted by Crippen LogP contribution is -2.36. The fraction of sp³-hybridized carbons (Fsp3) is 0.727. The number of hydrogen-bond acceptors (Lipinski definition) is 3. The smallest absolute Gasteiger partial charge is 0.319 e. The zero-order valence-corrected chi connectivity index (χ0v) is 12.2. The topological polar surface area (TPSA) is 47.1 Å². The van der Waals surface area contributed by atoms with Crippen molar-refractivity contribution < 1.29 is 8.78 Å². The third kappa shape index (κ3) is 4.87. The third-order valence-corrected chi connectivity index (χ3v) is 3.36. The minimum absolute atomic E-state index is 0. The summed E-state index contributed by atoms with van der Waals surface area (Å²) in [5.74, 6) is 1.02. The van der Waals surface area contributed by atoms with E-state index in [4.69, 9.17) is 5.73 Å². The molecule has 0 aromatic carbocycles. The highest BCUT2D eigenvalue weighted by molar-refractivity contribution is 5.85. The molecular weight excluding hydrogens is 297 g/mol. The second-order valence-corrected chi connectivity index (χ2v) is 4.48. The molecule has 1 aromatic rings. The summed E-state index contributed by atoms with van der Waals surface area (Å²) in [6, 6.07) is 0. The van der Waals surface area contributed by atoms with Crippen LogP contribution in [0.15, 0.2) is 12.4 Å². The van der Waals surface area contributed by atoms with E-state index in [9.17, 15) is 8.78 Å². The van der Waals surface area contributed by atoms with Gasteiger partial charge in [-0.1, -0.05) is 0 Å². The number of alkyl halides is 2. The van der Waals surface area contributed by atoms with Gasteiger partial charge in [0.05, 0.1) is 6.54 Å². The zero-order valence-electron chi connectivity index (χ0n) is 10.5. The van der Waals surface area contributed by atoms with E-state index in [0.717, 1.165) is 37.0 Å². The Labute approximate surface area is 124 Å². The van der Waals surface area contributed by atoms with Crippen molar-refractivity contribution in [3.8, 4) is 0 Å². The molecule has 0 amide bonds. The Hall–Kier alpha value is -0.430. The van der Waals surface area contributed by atoms with Gasteiger partial charge in [-0.05, 0) is 38.4 Å². The van der Waals surface area contributed by atoms with Crippen molar-refractivity contribution in [2.24, 2.45) is 11.7 Å². The van der Waals surface area contributed by atoms with E-state index >= 15 is 0 Å². The van der Waals surface area contributed by atoms with Gasteiger partial charge in [0.2, 0.25) is 0 Å². The van der Waals surface area contributed by atoms with Crippen LogP contribution in [-0.4, -0.2) is 34.1 Å². The lowest BCUT2D eigenvalue weighted by molar-refractivity contribution is 0.0624. The molecule has 1 fully saturated rings. The molecule has 1 aliphatic heterocycles. The first-order valence-corrected chi connectivity index (χ1v) is 5.93. The van der Waals surface area contributed by atoms with E-state index in [-0.39, 0.29) is 24.8 Å². The zero-order chi connectivity index (χ0) is 12.3. The Balaban J connectivity index is 0.00000162. The summed E-state index contributed by atoms with van der Waals surface area (Å²) in [7, 11) is 0. The van der Waals surface area contributed by atoms with Gasteiger partial charge in [-0.3, -0.25) is 9.47 Å². The number of hydrogen-bond donors (Lipinski definition) is 1. The van der Waals surface area contributed by atoms with Crippen LogP contribution in [0.3, 0.4) is 0 Å². The summed E-state index contributed by atoms with van der Waals surface area (Å²) < 4.78 is 26.2. The first kappa shape index (κ1) is 18.6. The van der Waals surface area contributed by atoms with Gasteiger partial charge in [0.1, 0.15) is 5.82 Å². The Morgan fingerprint density at radius 1 is 1.32 bits per heavy atom. The molecule has 2 rings (SSSR count). The minimum atomic E-state index is -2.51. The summed E-state index contributed by atoms with van der Waals surface area (Å²) >= 11 is 0. The molecule has 2 N–H and O–H groups in total. The maximum absolute atomic E-state index is 12.6. The van der Waals surface area contributed by atoms with Gasteiger partial charge in [0, 0.05) is 12.4 Å². The van der Waals surface area contributed by atoms with Crippen LogP contribution in [0.4, 0.5) is 8.78 Å². The maximum Gasteiger partial charge on any atom is 0.319 e. The van der Waals surface area contributed by atoms with Crippen molar-refractivity contribution in [3.63, 3.8) is 0 Å². The van der Waals surface area contributed by atoms with Crippen molar-refractivity contribution >= 4 is 24.8 Å². The molecule has 1 saturated heterocycles. The fourth-order valence-corrected chi connectivity index (χ4v) is 2.22. The number of imidazole rings is 1. The summed E-state index contributed by atoms with van der Waals surface area (Å²) in [6.07, 6.45) is 4.85. The average Bonchev–Trinajstić information content (AvgIpc) is 2.78. The van der Waals surface area contributed by atoms with Crippen molar-refractivity contribution in [2.45, 2.75) is 25.9 Å². The van der Waals surface area contributed by atoms with E-state index in [1.165, 1.54) is 12.4 Å². The third-order valence-electron chi connectivity index (χ3n) is 3.36. The second kappa shape index (κ2) is 8.68. The normalized spacial score (nSPS) is 17.1. The Kier molecular flexibility index (Phi) is 8.49. The van der Waals surface area contributed by atoms with Crippen LogP contribution < -0.4 is 5.73 Å². The van der Waals surface area contributed by atoms with Gasteiger partial charge < -0.3 is 5.73 Å². The molecule has 0 aliphatic carbocycles. The summed E-state index contributed by atoms with van der Waals surface area (Å²) in [5, 5.41) is 0. The molecule has 2 heterocycles. The number of nitrogens with zero attached hydrogens (tertiary/aromatic N) is 3. The van der Waals surface area contributed by atoms with Crippen LogP contribution in [0, 0.1) is 5.92 Å². The van der Waals surface area contributed by atoms with Gasteiger partial charge in [-0.25, -0.2) is 4.98 Å². The number of likely N-dealkylation sites (tertiary alicyclic amines) is 1. The summed E-state index contributed by atoms with van der Waals surface area (Å²) in [5.41, 5.74) is 5.61. The summed E-state index contributed by atoms with van der Waals surface area (Å²) in [4.78, 5) is 6.15. The number of rotatable bonds is 4. The SMILES string of the molecule is Cl.Cl.NCC1CCN(Cc2nccn2C(F)F)CC1. The minimum Gasteiger partial charge on any atom is -0.330 e. The van der Waals surface area contributed by atoms with Crippen molar-refractivity contribution in [2.75, 3.05) is 19.6 Å². The highest BCUT2D eigenvalue weighted by Gasteiger charge is 2.20. The number of piperidine rings is 1. The molecule has 0 unspecified atom stereocenters. The predicted octanol–water partition coefficient (Wildman–Crippen LogP) is 2.29. The standard InChI is InChI=1S/C11H18F2N4.2ClH/c12-11(13)17-6-3-15-10(17)8-16-4-1-9(7-14)2-5-16;;/h3,6,9,11H,1-2,4-5,7-8,14H2;2*1H. The van der Waals surface area contributed by atoms with Gasteiger partial charge in [-0.2, -0.15) is 8.78 Å². The Morgan fingerprint density at radius 2 is 1.95 bits per heavy atom. The summed E-state index contributed by atoms with van der Waals surface area (Å²) in [6.45, 7) is 0.540. The largest absolute Gasteiger partial charge is 0.330 e. The Bertz CT molecular complexity index is 354. The van der Waals surface area contributed by atoms with Crippen LogP contribution in [0.5, 0.6) is 0 Å². The van der Waals surface area contributed by atoms with Gasteiger partial charge in [-0.15, -0.1) is 24.8 Å². The molecule has 1 aromatic heterocycles. The van der Waals surface area contributed by atoms with Crippen LogP contribution >= 0.6 is 24.8 Å². The maximum atomic E-state index is 12.6. The van der Waals surface area contributed by atoms with Crippen molar-refractivity contribution in [3.05, 3.63) is 18.2 Å². The number of aromatic nitrogens is 2. The predicted molar refractivity (Wildman–Crippen MR) is 75.0 cm³/mol. The average molecular weight is 317 g/mol. The lowest BCUT2D eigenvalue weighted by Gasteiger charge is -2.31. The van der Waals surface area contributed by atoms with E-state index in [2.05, 4.69) is 9.88 Å². The molecule has 0 spiro atoms. The Morgan fingerprint density at radius 3 is 2.47 bits per heavy atom. The van der Waals surface area contributed by atoms with E-state index in [1.54, 1.807) is 0 Å². The first-order valence-electron chi connectivity index (χ1n) is 5.93. The van der Waals surface area contributed by atoms with Crippen molar-refractivity contribution in [1.82, 2.24) is 14.5 Å². The first-order chi connectivity index (χ1) is 8.20. The van der Waals surface area contributed by atoms with Gasteiger partial charge in [0.25, 0.3) is 0 Å². The van der Waals surface area contributed by atoms with E-state index in [1.807, 2.05) is 0 Å². The lowest BCUT2D eigenvalue weighted by atomic mass is 9.97. The van der Waals surface area contributed by atoms with E-state index < -0.39 is 6.55 Å². The fourth-order valence-electron chi connectivity index (χ4n) is 2.22. The molecule has 4 nitrogen and oxygen atoms in total. The molecule has 19 heavy (non-hydrogen) atoms. The molecule has 0 bridgehead atoms. The molecule has 8 heteroatoms. The molecule has 0 radical (unpaired) electrons. The molecule has 112 valence electrons. The molecule has 0 atom stereocenters. The highest BCUT2D eigenvalue weighted by Crippen LogP contribution is 2.19. The molecule has 1 aliphatic rings. The monoisotopic (exact) mass is 316 g/mol. The highest BCUT2D eigenvalue weighted by atomic mass is 35.5. The van der Waals surface area contributed by atoms with Crippen LogP contribution in [0.2, 0.25) is 0 Å². The van der Waals surface area contributed by atoms with Crippen LogP contribution in [0.1, 0.15) is 25.2 Å². The number of nitrogens with two attached hydrogens (primary N) is 1. The van der Waals surface area contributed by atoms with Crippen LogP contribution in [0.25, 0.3) is 0 Å². The van der Waals surface area contributed by atoms with Gasteiger partial charge in [0.15, 0.2) is 0 Å². The number of halogens is 4. The quantitative estimate of drug-likeness (QED) is 0.927. The van der Waals surface area contributed by atoms with Crippen LogP contribution in [-0.2, 0) is 6.54 Å². The second-order valence-electron chi connectivity index (χ2n) is 4.48. The van der Waals surface area contributed by atoms with Crippen molar-refractivity contribution in [1.29, 1.82) is 0 Å². The molecular formula is C11H20Cl2F2N4. The van der Waals surface area contributed by atoms with E-state index in [0.29, 0.717) is 18.3 Å².